The Morgan fingerprint density at radius 2 is 2.35 bits per heavy atom. The largest absolute Gasteiger partial charge is 0.406 e. The first-order valence-corrected chi connectivity index (χ1v) is 5.17. The van der Waals surface area contributed by atoms with E-state index in [9.17, 15) is 14.9 Å². The first kappa shape index (κ1) is 12.9. The number of aryl methyl sites for hydroxylation is 1. The molecule has 0 bridgehead atoms. The Morgan fingerprint density at radius 3 is 2.88 bits per heavy atom. The molecule has 0 fully saturated rings. The summed E-state index contributed by atoms with van der Waals surface area (Å²) < 4.78 is 1.47. The second-order valence-corrected chi connectivity index (χ2v) is 3.55. The molecule has 1 aromatic heterocycles. The third kappa shape index (κ3) is 2.92. The maximum atomic E-state index is 11.5. The summed E-state index contributed by atoms with van der Waals surface area (Å²) in [7, 11) is 1.62. The van der Waals surface area contributed by atoms with Crippen molar-refractivity contribution in [2.24, 2.45) is 7.05 Å². The Kier molecular flexibility index (Phi) is 4.02. The fourth-order valence-corrected chi connectivity index (χ4v) is 1.32. The van der Waals surface area contributed by atoms with Crippen molar-refractivity contribution in [3.05, 3.63) is 16.4 Å². The molecule has 17 heavy (non-hydrogen) atoms. The molecule has 1 amide bonds. The molecule has 0 aliphatic rings. The summed E-state index contributed by atoms with van der Waals surface area (Å²) in [5.41, 5.74) is 0. The minimum absolute atomic E-state index is 0.216. The third-order valence-corrected chi connectivity index (χ3v) is 2.19. The lowest BCUT2D eigenvalue weighted by Gasteiger charge is -2.13. The Balaban J connectivity index is 2.84. The number of rotatable bonds is 5. The van der Waals surface area contributed by atoms with Crippen LogP contribution in [0, 0.1) is 10.1 Å². The van der Waals surface area contributed by atoms with Crippen LogP contribution in [0.15, 0.2) is 6.33 Å². The number of nitrogens with one attached hydrogen (secondary N) is 2. The van der Waals surface area contributed by atoms with E-state index in [1.807, 2.05) is 0 Å². The Hall–Kier alpha value is -2.12. The number of carbonyl (C=O) groups excluding carboxylic acids is 1. The number of aromatic nitrogens is 2. The van der Waals surface area contributed by atoms with Gasteiger partial charge in [0.05, 0.1) is 0 Å². The van der Waals surface area contributed by atoms with Crippen molar-refractivity contribution >= 4 is 17.5 Å². The molecule has 0 aliphatic heterocycles. The highest BCUT2D eigenvalue weighted by molar-refractivity contribution is 5.84. The Labute approximate surface area is 98.2 Å². The molecule has 0 radical (unpaired) electrons. The average molecular weight is 241 g/mol. The van der Waals surface area contributed by atoms with E-state index in [-0.39, 0.29) is 17.5 Å². The smallest absolute Gasteiger partial charge is 0.358 e. The zero-order valence-electron chi connectivity index (χ0n) is 9.93. The summed E-state index contributed by atoms with van der Waals surface area (Å²) in [6.07, 6.45) is 1.32. The first-order chi connectivity index (χ1) is 7.97. The van der Waals surface area contributed by atoms with Crippen LogP contribution < -0.4 is 10.6 Å². The number of likely N-dealkylation sites (N-methyl/N-ethyl adjacent to an activating group) is 1. The molecule has 94 valence electrons. The normalized spacial score (nSPS) is 11.9. The van der Waals surface area contributed by atoms with Gasteiger partial charge in [-0.1, -0.05) is 0 Å². The first-order valence-electron chi connectivity index (χ1n) is 5.17. The lowest BCUT2D eigenvalue weighted by atomic mass is 10.3. The fraction of sp³-hybridized carbons (Fsp3) is 0.556. The second kappa shape index (κ2) is 5.28. The van der Waals surface area contributed by atoms with E-state index >= 15 is 0 Å². The third-order valence-electron chi connectivity index (χ3n) is 2.19. The van der Waals surface area contributed by atoms with Gasteiger partial charge in [-0.25, -0.2) is 0 Å². The Morgan fingerprint density at radius 1 is 1.71 bits per heavy atom. The van der Waals surface area contributed by atoms with Gasteiger partial charge in [0.15, 0.2) is 0 Å². The van der Waals surface area contributed by atoms with E-state index < -0.39 is 11.0 Å². The van der Waals surface area contributed by atoms with Crippen LogP contribution in [0.3, 0.4) is 0 Å². The van der Waals surface area contributed by atoms with Crippen LogP contribution in [0.2, 0.25) is 0 Å². The molecular formula is C9H15N5O3. The number of carbonyl (C=O) groups is 1. The molecule has 1 rings (SSSR count). The van der Waals surface area contributed by atoms with Gasteiger partial charge in [-0.05, 0) is 23.8 Å². The number of nitrogens with zero attached hydrogens (tertiary/aromatic N) is 3. The van der Waals surface area contributed by atoms with Crippen molar-refractivity contribution in [3.63, 3.8) is 0 Å². The van der Waals surface area contributed by atoms with Crippen LogP contribution in [0.1, 0.15) is 13.8 Å². The molecular weight excluding hydrogens is 226 g/mol. The standard InChI is InChI=1S/C9H15N5O3/c1-4-10-9(15)6(2)12-8-7(14(16)17)11-5-13(8)3/h5-6,12H,4H2,1-3H3,(H,10,15). The molecule has 8 nitrogen and oxygen atoms in total. The van der Waals surface area contributed by atoms with Crippen LogP contribution in [-0.2, 0) is 11.8 Å². The van der Waals surface area contributed by atoms with Crippen LogP contribution in [0.5, 0.6) is 0 Å². The van der Waals surface area contributed by atoms with Crippen LogP contribution in [0.25, 0.3) is 0 Å². The summed E-state index contributed by atoms with van der Waals surface area (Å²) in [4.78, 5) is 25.2. The van der Waals surface area contributed by atoms with Gasteiger partial charge in [-0.2, -0.15) is 0 Å². The molecule has 2 N–H and O–H groups in total. The summed E-state index contributed by atoms with van der Waals surface area (Å²) in [6, 6.07) is -0.566. The van der Waals surface area contributed by atoms with E-state index in [4.69, 9.17) is 0 Å². The molecule has 0 spiro atoms. The van der Waals surface area contributed by atoms with Crippen molar-refractivity contribution in [3.8, 4) is 0 Å². The maximum Gasteiger partial charge on any atom is 0.406 e. The molecule has 8 heteroatoms. The quantitative estimate of drug-likeness (QED) is 0.568. The number of amides is 1. The minimum Gasteiger partial charge on any atom is -0.358 e. The molecule has 0 saturated heterocycles. The molecule has 1 unspecified atom stereocenters. The van der Waals surface area contributed by atoms with Gasteiger partial charge in [-0.3, -0.25) is 9.36 Å². The molecule has 1 aromatic rings. The van der Waals surface area contributed by atoms with Crippen molar-refractivity contribution in [1.29, 1.82) is 0 Å². The number of imidazole rings is 1. The number of hydrogen-bond acceptors (Lipinski definition) is 5. The van der Waals surface area contributed by atoms with Gasteiger partial charge < -0.3 is 20.7 Å². The van der Waals surface area contributed by atoms with Gasteiger partial charge in [0.1, 0.15) is 6.04 Å². The summed E-state index contributed by atoms with van der Waals surface area (Å²) in [5, 5.41) is 16.1. The van der Waals surface area contributed by atoms with E-state index in [0.29, 0.717) is 6.54 Å². The fourth-order valence-electron chi connectivity index (χ4n) is 1.32. The van der Waals surface area contributed by atoms with Crippen molar-refractivity contribution in [2.75, 3.05) is 11.9 Å². The molecule has 0 saturated carbocycles. The highest BCUT2D eigenvalue weighted by Gasteiger charge is 2.23. The summed E-state index contributed by atoms with van der Waals surface area (Å²) in [6.45, 7) is 3.94. The maximum absolute atomic E-state index is 11.5. The highest BCUT2D eigenvalue weighted by atomic mass is 16.6. The topological polar surface area (TPSA) is 102 Å². The minimum atomic E-state index is -0.590. The van der Waals surface area contributed by atoms with Crippen LogP contribution in [-0.4, -0.2) is 33.0 Å². The average Bonchev–Trinajstić information content (AvgIpc) is 2.61. The van der Waals surface area contributed by atoms with E-state index in [0.717, 1.165) is 0 Å². The summed E-state index contributed by atoms with van der Waals surface area (Å²) >= 11 is 0. The van der Waals surface area contributed by atoms with Gasteiger partial charge in [0.25, 0.3) is 0 Å². The van der Waals surface area contributed by atoms with Crippen LogP contribution in [0.4, 0.5) is 11.6 Å². The lowest BCUT2D eigenvalue weighted by molar-refractivity contribution is -0.388. The predicted octanol–water partition coefficient (Wildman–Crippen LogP) is 0.265. The lowest BCUT2D eigenvalue weighted by Crippen LogP contribution is -2.37. The molecule has 0 aliphatic carbocycles. The summed E-state index contributed by atoms with van der Waals surface area (Å²) in [5.74, 6) is -0.291. The van der Waals surface area contributed by atoms with E-state index in [2.05, 4.69) is 15.6 Å². The molecule has 0 aromatic carbocycles. The molecule has 1 atom stereocenters. The van der Waals surface area contributed by atoms with E-state index in [1.165, 1.54) is 10.9 Å². The second-order valence-electron chi connectivity index (χ2n) is 3.55. The SMILES string of the molecule is CCNC(=O)C(C)Nc1c([N+](=O)[O-])ncn1C. The van der Waals surface area contributed by atoms with Crippen LogP contribution >= 0.6 is 0 Å². The molecule has 1 heterocycles. The van der Waals surface area contributed by atoms with Gasteiger partial charge >= 0.3 is 5.82 Å². The van der Waals surface area contributed by atoms with Gasteiger partial charge in [0.2, 0.25) is 18.1 Å². The number of nitro groups is 1. The van der Waals surface area contributed by atoms with Gasteiger partial charge in [0, 0.05) is 13.6 Å². The van der Waals surface area contributed by atoms with Crippen molar-refractivity contribution in [2.45, 2.75) is 19.9 Å². The van der Waals surface area contributed by atoms with Crippen molar-refractivity contribution in [1.82, 2.24) is 14.9 Å². The highest BCUT2D eigenvalue weighted by Crippen LogP contribution is 2.21. The Bertz CT molecular complexity index is 428. The predicted molar refractivity (Wildman–Crippen MR) is 61.6 cm³/mol. The number of anilines is 1. The van der Waals surface area contributed by atoms with Crippen molar-refractivity contribution < 1.29 is 9.72 Å². The zero-order chi connectivity index (χ0) is 13.0. The van der Waals surface area contributed by atoms with Gasteiger partial charge in [-0.15, -0.1) is 0 Å². The van der Waals surface area contributed by atoms with E-state index in [1.54, 1.807) is 20.9 Å². The number of hydrogen-bond donors (Lipinski definition) is 2. The zero-order valence-corrected chi connectivity index (χ0v) is 9.93. The monoisotopic (exact) mass is 241 g/mol.